The fourth-order valence-corrected chi connectivity index (χ4v) is 3.32. The summed E-state index contributed by atoms with van der Waals surface area (Å²) in [4.78, 5) is 31.7. The SMILES string of the molecule is CC(=O)[C@H]1C=C[C@@H](N)C1.CC(=O)[C@H]1CC[C@@H](N)C1.N[C@@H]1C=C[C@H](C(=O)O)C1. The van der Waals surface area contributed by atoms with E-state index in [1.165, 1.54) is 0 Å². The molecule has 1 saturated carbocycles. The molecule has 27 heavy (non-hydrogen) atoms. The molecule has 3 aliphatic rings. The molecule has 0 aromatic rings. The average Bonchev–Trinajstić information content (AvgIpc) is 3.30. The molecule has 0 aliphatic heterocycles. The summed E-state index contributed by atoms with van der Waals surface area (Å²) < 4.78 is 0. The zero-order chi connectivity index (χ0) is 20.6. The van der Waals surface area contributed by atoms with Gasteiger partial charge in [0.1, 0.15) is 11.6 Å². The van der Waals surface area contributed by atoms with Crippen molar-refractivity contribution < 1.29 is 19.5 Å². The van der Waals surface area contributed by atoms with Crippen molar-refractivity contribution in [3.05, 3.63) is 24.3 Å². The second-order valence-electron chi connectivity index (χ2n) is 7.61. The number of carboxylic acids is 1. The Balaban J connectivity index is 0.000000202. The zero-order valence-corrected chi connectivity index (χ0v) is 16.2. The number of rotatable bonds is 3. The van der Waals surface area contributed by atoms with Gasteiger partial charge in [0.25, 0.3) is 0 Å². The van der Waals surface area contributed by atoms with Crippen molar-refractivity contribution in [1.82, 2.24) is 0 Å². The highest BCUT2D eigenvalue weighted by Gasteiger charge is 2.24. The fraction of sp³-hybridized carbons (Fsp3) is 0.650. The molecular formula is C20H33N3O4. The molecule has 0 spiro atoms. The molecule has 7 N–H and O–H groups in total. The van der Waals surface area contributed by atoms with E-state index in [2.05, 4.69) is 0 Å². The summed E-state index contributed by atoms with van der Waals surface area (Å²) in [5, 5.41) is 8.42. The quantitative estimate of drug-likeness (QED) is 0.537. The van der Waals surface area contributed by atoms with E-state index in [0.29, 0.717) is 18.2 Å². The number of carboxylic acid groups (broad SMARTS) is 1. The molecule has 0 amide bonds. The lowest BCUT2D eigenvalue weighted by Crippen LogP contribution is -2.18. The number of allylic oxidation sites excluding steroid dienone is 1. The average molecular weight is 380 g/mol. The van der Waals surface area contributed by atoms with E-state index in [0.717, 1.165) is 25.7 Å². The molecule has 0 aromatic heterocycles. The Morgan fingerprint density at radius 2 is 1.30 bits per heavy atom. The maximum atomic E-state index is 10.7. The van der Waals surface area contributed by atoms with Gasteiger partial charge in [-0.15, -0.1) is 0 Å². The monoisotopic (exact) mass is 379 g/mol. The third-order valence-electron chi connectivity index (χ3n) is 5.12. The second kappa shape index (κ2) is 11.1. The molecule has 7 nitrogen and oxygen atoms in total. The van der Waals surface area contributed by atoms with E-state index in [1.54, 1.807) is 26.0 Å². The predicted octanol–water partition coefficient (Wildman–Crippen LogP) is 1.16. The van der Waals surface area contributed by atoms with Gasteiger partial charge < -0.3 is 22.3 Å². The number of nitrogens with two attached hydrogens (primary N) is 3. The van der Waals surface area contributed by atoms with Crippen LogP contribution >= 0.6 is 0 Å². The Morgan fingerprint density at radius 3 is 1.48 bits per heavy atom. The summed E-state index contributed by atoms with van der Waals surface area (Å²) in [5.74, 6) is -0.221. The van der Waals surface area contributed by atoms with E-state index < -0.39 is 5.97 Å². The molecule has 1 fully saturated rings. The molecular weight excluding hydrogens is 346 g/mol. The van der Waals surface area contributed by atoms with Crippen molar-refractivity contribution in [2.45, 2.75) is 64.1 Å². The van der Waals surface area contributed by atoms with Crippen LogP contribution in [0.15, 0.2) is 24.3 Å². The van der Waals surface area contributed by atoms with Crippen molar-refractivity contribution >= 4 is 17.5 Å². The Bertz CT molecular complexity index is 552. The largest absolute Gasteiger partial charge is 0.481 e. The van der Waals surface area contributed by atoms with Gasteiger partial charge >= 0.3 is 5.97 Å². The van der Waals surface area contributed by atoms with Crippen LogP contribution in [0.2, 0.25) is 0 Å². The van der Waals surface area contributed by atoms with E-state index in [9.17, 15) is 14.4 Å². The zero-order valence-electron chi connectivity index (χ0n) is 16.2. The first-order valence-electron chi connectivity index (χ1n) is 9.47. The van der Waals surface area contributed by atoms with Crippen molar-refractivity contribution in [3.8, 4) is 0 Å². The van der Waals surface area contributed by atoms with Crippen LogP contribution in [0.3, 0.4) is 0 Å². The topological polar surface area (TPSA) is 150 Å². The maximum absolute atomic E-state index is 10.7. The van der Waals surface area contributed by atoms with Gasteiger partial charge in [0.05, 0.1) is 5.92 Å². The third kappa shape index (κ3) is 8.60. The van der Waals surface area contributed by atoms with Crippen LogP contribution in [0.4, 0.5) is 0 Å². The van der Waals surface area contributed by atoms with Crippen molar-refractivity contribution in [1.29, 1.82) is 0 Å². The summed E-state index contributed by atoms with van der Waals surface area (Å²) >= 11 is 0. The van der Waals surface area contributed by atoms with E-state index >= 15 is 0 Å². The minimum Gasteiger partial charge on any atom is -0.481 e. The van der Waals surface area contributed by atoms with Crippen LogP contribution in [0, 0.1) is 17.8 Å². The van der Waals surface area contributed by atoms with Gasteiger partial charge in [0, 0.05) is 30.0 Å². The minimum atomic E-state index is -0.779. The molecule has 0 heterocycles. The molecule has 3 aliphatic carbocycles. The molecule has 0 aromatic carbocycles. The number of carbonyl (C=O) groups excluding carboxylic acids is 2. The van der Waals surface area contributed by atoms with Crippen LogP contribution in [0.25, 0.3) is 0 Å². The van der Waals surface area contributed by atoms with Crippen molar-refractivity contribution in [3.63, 3.8) is 0 Å². The van der Waals surface area contributed by atoms with Gasteiger partial charge in [-0.2, -0.15) is 0 Å². The number of aliphatic carboxylic acids is 1. The van der Waals surface area contributed by atoms with Crippen molar-refractivity contribution in [2.75, 3.05) is 0 Å². The number of hydrogen-bond donors (Lipinski definition) is 4. The number of Topliss-reactive ketones (excluding diaryl/α,β-unsaturated/α-hetero) is 2. The summed E-state index contributed by atoms with van der Waals surface area (Å²) in [6.07, 6.45) is 11.5. The fourth-order valence-electron chi connectivity index (χ4n) is 3.32. The van der Waals surface area contributed by atoms with Gasteiger partial charge in [-0.25, -0.2) is 0 Å². The van der Waals surface area contributed by atoms with E-state index in [1.807, 2.05) is 12.2 Å². The van der Waals surface area contributed by atoms with Gasteiger partial charge in [-0.3, -0.25) is 14.4 Å². The molecule has 0 saturated heterocycles. The number of hydrogen-bond acceptors (Lipinski definition) is 6. The molecule has 7 heteroatoms. The first kappa shape index (κ1) is 23.2. The third-order valence-corrected chi connectivity index (χ3v) is 5.12. The van der Waals surface area contributed by atoms with Crippen LogP contribution in [0.5, 0.6) is 0 Å². The Kier molecular flexibility index (Phi) is 9.55. The predicted molar refractivity (Wildman–Crippen MR) is 105 cm³/mol. The Labute approximate surface area is 161 Å². The molecule has 6 atom stereocenters. The first-order valence-corrected chi connectivity index (χ1v) is 9.47. The van der Waals surface area contributed by atoms with Gasteiger partial charge in [0.15, 0.2) is 0 Å². The lowest BCUT2D eigenvalue weighted by Gasteiger charge is -2.02. The smallest absolute Gasteiger partial charge is 0.310 e. The van der Waals surface area contributed by atoms with E-state index in [-0.39, 0.29) is 35.6 Å². The number of ketones is 2. The minimum absolute atomic E-state index is 0.0499. The van der Waals surface area contributed by atoms with Crippen LogP contribution < -0.4 is 17.2 Å². The van der Waals surface area contributed by atoms with Crippen LogP contribution in [-0.2, 0) is 14.4 Å². The lowest BCUT2D eigenvalue weighted by atomic mass is 10.0. The lowest BCUT2D eigenvalue weighted by molar-refractivity contribution is -0.140. The Morgan fingerprint density at radius 1 is 0.778 bits per heavy atom. The molecule has 0 unspecified atom stereocenters. The van der Waals surface area contributed by atoms with Gasteiger partial charge in [-0.1, -0.05) is 24.3 Å². The van der Waals surface area contributed by atoms with Gasteiger partial charge in [-0.05, 0) is 46.0 Å². The highest BCUT2D eigenvalue weighted by molar-refractivity contribution is 5.80. The maximum Gasteiger partial charge on any atom is 0.310 e. The van der Waals surface area contributed by atoms with Crippen LogP contribution in [0.1, 0.15) is 46.0 Å². The van der Waals surface area contributed by atoms with Crippen LogP contribution in [-0.4, -0.2) is 40.8 Å². The highest BCUT2D eigenvalue weighted by atomic mass is 16.4. The summed E-state index contributed by atoms with van der Waals surface area (Å²) in [6, 6.07) is 0.351. The second-order valence-corrected chi connectivity index (χ2v) is 7.61. The van der Waals surface area contributed by atoms with Gasteiger partial charge in [0.2, 0.25) is 0 Å². The molecule has 3 rings (SSSR count). The molecule has 0 bridgehead atoms. The highest BCUT2D eigenvalue weighted by Crippen LogP contribution is 2.24. The summed E-state index contributed by atoms with van der Waals surface area (Å²) in [5.41, 5.74) is 16.5. The Hall–Kier alpha value is -1.83. The number of carbonyl (C=O) groups is 3. The normalized spacial score (nSPS) is 33.7. The first-order chi connectivity index (χ1) is 12.6. The standard InChI is InChI=1S/C7H13NO.C7H11NO.C6H9NO2/c2*1-5(9)6-2-3-7(8)4-6;7-5-2-1-4(3-5)6(8)9/h6-7H,2-4,8H2,1H3;2-3,6-7H,4,8H2,1H3;1-2,4-5H,3,7H2,(H,8,9)/t2*6-,7+;4-,5+/m000/s1. The van der Waals surface area contributed by atoms with Crippen molar-refractivity contribution in [2.24, 2.45) is 35.0 Å². The summed E-state index contributed by atoms with van der Waals surface area (Å²) in [7, 11) is 0. The molecule has 0 radical (unpaired) electrons. The van der Waals surface area contributed by atoms with E-state index in [4.69, 9.17) is 22.3 Å². The summed E-state index contributed by atoms with van der Waals surface area (Å²) in [6.45, 7) is 3.26. The molecule has 152 valence electrons.